The van der Waals surface area contributed by atoms with E-state index in [-0.39, 0.29) is 24.0 Å². The Balaban J connectivity index is 1.96. The smallest absolute Gasteiger partial charge is 0.326 e. The number of nitrogens with zero attached hydrogens (tertiary/aromatic N) is 3. The average molecular weight is 327 g/mol. The summed E-state index contributed by atoms with van der Waals surface area (Å²) in [6.45, 7) is 1.36. The third-order valence-corrected chi connectivity index (χ3v) is 4.66. The fraction of sp³-hybridized carbons (Fsp3) is 0.800. The van der Waals surface area contributed by atoms with Gasteiger partial charge in [-0.3, -0.25) is 4.79 Å². The Bertz CT molecular complexity index is 474. The largest absolute Gasteiger partial charge is 0.480 e. The lowest BCUT2D eigenvalue weighted by Gasteiger charge is -2.35. The van der Waals surface area contributed by atoms with Gasteiger partial charge in [-0.15, -0.1) is 0 Å². The van der Waals surface area contributed by atoms with E-state index in [9.17, 15) is 19.5 Å². The molecule has 23 heavy (non-hydrogen) atoms. The standard InChI is InChI=1S/C15H25N3O5/c1-16(2)15(22)17-6-4-10(5-7-17)13(19)18-9-11(23-3)8-12(18)14(20)21/h10-12H,4-9H2,1-3H3,(H,20,21). The summed E-state index contributed by atoms with van der Waals surface area (Å²) >= 11 is 0. The minimum absolute atomic E-state index is 0.0556. The molecule has 2 heterocycles. The highest BCUT2D eigenvalue weighted by Gasteiger charge is 2.42. The van der Waals surface area contributed by atoms with Gasteiger partial charge in [0.15, 0.2) is 0 Å². The summed E-state index contributed by atoms with van der Waals surface area (Å²) in [5.41, 5.74) is 0. The van der Waals surface area contributed by atoms with E-state index in [1.54, 1.807) is 19.0 Å². The number of carboxylic acid groups (broad SMARTS) is 1. The zero-order valence-corrected chi connectivity index (χ0v) is 13.9. The van der Waals surface area contributed by atoms with Crippen molar-refractivity contribution in [3.63, 3.8) is 0 Å². The maximum Gasteiger partial charge on any atom is 0.326 e. The molecule has 8 heteroatoms. The number of carbonyl (C=O) groups excluding carboxylic acids is 2. The summed E-state index contributed by atoms with van der Waals surface area (Å²) in [5, 5.41) is 9.31. The molecule has 8 nitrogen and oxygen atoms in total. The minimum Gasteiger partial charge on any atom is -0.480 e. The van der Waals surface area contributed by atoms with Gasteiger partial charge in [-0.1, -0.05) is 0 Å². The van der Waals surface area contributed by atoms with Gasteiger partial charge in [-0.2, -0.15) is 0 Å². The molecule has 0 bridgehead atoms. The first-order valence-electron chi connectivity index (χ1n) is 7.87. The van der Waals surface area contributed by atoms with Crippen molar-refractivity contribution >= 4 is 17.9 Å². The molecule has 2 rings (SSSR count). The van der Waals surface area contributed by atoms with Gasteiger partial charge in [0, 0.05) is 53.2 Å². The summed E-state index contributed by atoms with van der Waals surface area (Å²) in [4.78, 5) is 40.6. The van der Waals surface area contributed by atoms with Crippen LogP contribution in [0, 0.1) is 5.92 Å². The Morgan fingerprint density at radius 2 is 1.78 bits per heavy atom. The van der Waals surface area contributed by atoms with Crippen molar-refractivity contribution in [2.24, 2.45) is 5.92 Å². The van der Waals surface area contributed by atoms with Gasteiger partial charge in [0.25, 0.3) is 0 Å². The zero-order chi connectivity index (χ0) is 17.1. The summed E-state index contributed by atoms with van der Waals surface area (Å²) in [6.07, 6.45) is 1.24. The number of carboxylic acids is 1. The quantitative estimate of drug-likeness (QED) is 0.793. The molecular weight excluding hydrogens is 302 g/mol. The fourth-order valence-corrected chi connectivity index (χ4v) is 3.28. The van der Waals surface area contributed by atoms with Crippen LogP contribution >= 0.6 is 0 Å². The van der Waals surface area contributed by atoms with Gasteiger partial charge in [0.2, 0.25) is 5.91 Å². The number of aliphatic carboxylic acids is 1. The number of likely N-dealkylation sites (tertiary alicyclic amines) is 2. The topological polar surface area (TPSA) is 90.4 Å². The summed E-state index contributed by atoms with van der Waals surface area (Å²) in [5.74, 6) is -1.34. The molecule has 2 unspecified atom stereocenters. The molecule has 0 spiro atoms. The summed E-state index contributed by atoms with van der Waals surface area (Å²) in [6, 6.07) is -0.867. The third-order valence-electron chi connectivity index (χ3n) is 4.66. The number of methoxy groups -OCH3 is 1. The Hall–Kier alpha value is -1.83. The SMILES string of the molecule is COC1CC(C(=O)O)N(C(=O)C2CCN(C(=O)N(C)C)CC2)C1. The van der Waals surface area contributed by atoms with Crippen LogP contribution < -0.4 is 0 Å². The second-order valence-corrected chi connectivity index (χ2v) is 6.38. The molecule has 0 radical (unpaired) electrons. The van der Waals surface area contributed by atoms with Gasteiger partial charge in [-0.25, -0.2) is 9.59 Å². The Kier molecular flexibility index (Phi) is 5.46. The lowest BCUT2D eigenvalue weighted by molar-refractivity contribution is -0.150. The van der Waals surface area contributed by atoms with Crippen molar-refractivity contribution in [2.75, 3.05) is 40.8 Å². The highest BCUT2D eigenvalue weighted by atomic mass is 16.5. The van der Waals surface area contributed by atoms with Crippen LogP contribution in [0.15, 0.2) is 0 Å². The first-order chi connectivity index (χ1) is 10.8. The van der Waals surface area contributed by atoms with Crippen molar-refractivity contribution in [1.82, 2.24) is 14.7 Å². The van der Waals surface area contributed by atoms with Crippen LogP contribution in [-0.2, 0) is 14.3 Å². The molecular formula is C15H25N3O5. The monoisotopic (exact) mass is 327 g/mol. The molecule has 3 amide bonds. The van der Waals surface area contributed by atoms with E-state index in [1.807, 2.05) is 0 Å². The van der Waals surface area contributed by atoms with Crippen molar-refractivity contribution in [2.45, 2.75) is 31.4 Å². The van der Waals surface area contributed by atoms with Crippen molar-refractivity contribution in [1.29, 1.82) is 0 Å². The average Bonchev–Trinajstić information content (AvgIpc) is 2.98. The van der Waals surface area contributed by atoms with E-state index in [0.29, 0.717) is 38.9 Å². The lowest BCUT2D eigenvalue weighted by atomic mass is 9.95. The molecule has 1 N–H and O–H groups in total. The second-order valence-electron chi connectivity index (χ2n) is 6.38. The first-order valence-corrected chi connectivity index (χ1v) is 7.87. The zero-order valence-electron chi connectivity index (χ0n) is 13.9. The van der Waals surface area contributed by atoms with E-state index in [0.717, 1.165) is 0 Å². The van der Waals surface area contributed by atoms with Crippen LogP contribution in [0.2, 0.25) is 0 Å². The molecule has 2 fully saturated rings. The lowest BCUT2D eigenvalue weighted by Crippen LogP contribution is -2.49. The van der Waals surface area contributed by atoms with Gasteiger partial charge < -0.3 is 24.5 Å². The normalized spacial score (nSPS) is 25.5. The van der Waals surface area contributed by atoms with Crippen LogP contribution in [0.3, 0.4) is 0 Å². The summed E-state index contributed by atoms with van der Waals surface area (Å²) in [7, 11) is 4.93. The molecule has 0 aromatic heterocycles. The minimum atomic E-state index is -0.988. The van der Waals surface area contributed by atoms with Crippen molar-refractivity contribution < 1.29 is 24.2 Å². The maximum atomic E-state index is 12.7. The Labute approximate surface area is 136 Å². The van der Waals surface area contributed by atoms with Crippen LogP contribution in [0.25, 0.3) is 0 Å². The molecule has 0 aromatic carbocycles. The van der Waals surface area contributed by atoms with Crippen molar-refractivity contribution in [3.05, 3.63) is 0 Å². The number of amides is 3. The molecule has 0 aliphatic carbocycles. The van der Waals surface area contributed by atoms with E-state index in [2.05, 4.69) is 0 Å². The van der Waals surface area contributed by atoms with Crippen LogP contribution in [0.4, 0.5) is 4.79 Å². The molecule has 2 saturated heterocycles. The van der Waals surface area contributed by atoms with E-state index in [1.165, 1.54) is 16.9 Å². The predicted molar refractivity (Wildman–Crippen MR) is 81.9 cm³/mol. The van der Waals surface area contributed by atoms with Gasteiger partial charge in [0.05, 0.1) is 6.10 Å². The number of urea groups is 1. The Morgan fingerprint density at radius 1 is 1.17 bits per heavy atom. The van der Waals surface area contributed by atoms with Crippen LogP contribution in [-0.4, -0.2) is 90.7 Å². The van der Waals surface area contributed by atoms with E-state index < -0.39 is 12.0 Å². The highest BCUT2D eigenvalue weighted by Crippen LogP contribution is 2.27. The first kappa shape index (κ1) is 17.5. The molecule has 130 valence electrons. The number of rotatable bonds is 3. The maximum absolute atomic E-state index is 12.7. The van der Waals surface area contributed by atoms with Crippen LogP contribution in [0.5, 0.6) is 0 Å². The summed E-state index contributed by atoms with van der Waals surface area (Å²) < 4.78 is 5.22. The highest BCUT2D eigenvalue weighted by molar-refractivity contribution is 5.86. The molecule has 2 aliphatic heterocycles. The number of piperidine rings is 1. The number of hydrogen-bond donors (Lipinski definition) is 1. The molecule has 0 aromatic rings. The van der Waals surface area contributed by atoms with Gasteiger partial charge in [-0.05, 0) is 12.8 Å². The fourth-order valence-electron chi connectivity index (χ4n) is 3.28. The van der Waals surface area contributed by atoms with E-state index >= 15 is 0 Å². The van der Waals surface area contributed by atoms with Gasteiger partial charge in [0.1, 0.15) is 6.04 Å². The molecule has 2 atom stereocenters. The van der Waals surface area contributed by atoms with Crippen LogP contribution in [0.1, 0.15) is 19.3 Å². The Morgan fingerprint density at radius 3 is 2.26 bits per heavy atom. The second kappa shape index (κ2) is 7.16. The van der Waals surface area contributed by atoms with Crippen molar-refractivity contribution in [3.8, 4) is 0 Å². The number of hydrogen-bond acceptors (Lipinski definition) is 4. The third kappa shape index (κ3) is 3.74. The number of carbonyl (C=O) groups is 3. The molecule has 2 aliphatic rings. The predicted octanol–water partition coefficient (Wildman–Crippen LogP) is 0.0805. The molecule has 0 saturated carbocycles. The van der Waals surface area contributed by atoms with Gasteiger partial charge >= 0.3 is 12.0 Å². The number of ether oxygens (including phenoxy) is 1. The van der Waals surface area contributed by atoms with E-state index in [4.69, 9.17) is 4.74 Å².